The van der Waals surface area contributed by atoms with E-state index >= 15 is 0 Å². The number of benzene rings is 2. The van der Waals surface area contributed by atoms with Gasteiger partial charge < -0.3 is 10.6 Å². The number of nitrogens with one attached hydrogen (secondary N) is 2. The Hall–Kier alpha value is -2.80. The van der Waals surface area contributed by atoms with Crippen molar-refractivity contribution < 1.29 is 4.79 Å². The summed E-state index contributed by atoms with van der Waals surface area (Å²) in [4.78, 5) is 11.9. The number of nitrogens with zero attached hydrogens (tertiary/aromatic N) is 1. The molecule has 2 N–H and O–H groups in total. The van der Waals surface area contributed by atoms with Crippen LogP contribution in [0.2, 0.25) is 0 Å². The largest absolute Gasteiger partial charge is 0.384 e. The number of aryl methyl sites for hydroxylation is 2. The van der Waals surface area contributed by atoms with Crippen molar-refractivity contribution in [2.24, 2.45) is 0 Å². The van der Waals surface area contributed by atoms with Gasteiger partial charge in [-0.1, -0.05) is 18.2 Å². The minimum atomic E-state index is -0.0524. The molecule has 4 heteroatoms. The monoisotopic (exact) mass is 293 g/mol. The third-order valence-electron chi connectivity index (χ3n) is 3.43. The van der Waals surface area contributed by atoms with Gasteiger partial charge in [-0.25, -0.2) is 0 Å². The van der Waals surface area contributed by atoms with Crippen molar-refractivity contribution in [3.8, 4) is 6.07 Å². The SMILES string of the molecule is Cc1cccc(C)c1NCCC(=O)Nc1ccc(C#N)cc1. The lowest BCUT2D eigenvalue weighted by Gasteiger charge is -2.12. The number of hydrogen-bond donors (Lipinski definition) is 2. The van der Waals surface area contributed by atoms with E-state index in [0.717, 1.165) is 5.69 Å². The molecule has 0 radical (unpaired) electrons. The summed E-state index contributed by atoms with van der Waals surface area (Å²) in [6, 6.07) is 15.0. The summed E-state index contributed by atoms with van der Waals surface area (Å²) < 4.78 is 0. The maximum atomic E-state index is 11.9. The van der Waals surface area contributed by atoms with Gasteiger partial charge in [0, 0.05) is 24.3 Å². The first-order valence-electron chi connectivity index (χ1n) is 7.20. The van der Waals surface area contributed by atoms with Crippen LogP contribution in [0.4, 0.5) is 11.4 Å². The highest BCUT2D eigenvalue weighted by atomic mass is 16.1. The normalized spacial score (nSPS) is 9.86. The molecule has 2 rings (SSSR count). The van der Waals surface area contributed by atoms with E-state index in [4.69, 9.17) is 5.26 Å². The first-order chi connectivity index (χ1) is 10.6. The van der Waals surface area contributed by atoms with Gasteiger partial charge in [0.25, 0.3) is 0 Å². The fourth-order valence-electron chi connectivity index (χ4n) is 2.25. The third kappa shape index (κ3) is 4.10. The van der Waals surface area contributed by atoms with Crippen LogP contribution in [0.25, 0.3) is 0 Å². The fourth-order valence-corrected chi connectivity index (χ4v) is 2.25. The summed E-state index contributed by atoms with van der Waals surface area (Å²) in [5, 5.41) is 14.9. The molecule has 0 bridgehead atoms. The van der Waals surface area contributed by atoms with Crippen LogP contribution in [0, 0.1) is 25.2 Å². The van der Waals surface area contributed by atoms with Gasteiger partial charge in [-0.15, -0.1) is 0 Å². The fraction of sp³-hybridized carbons (Fsp3) is 0.222. The van der Waals surface area contributed by atoms with E-state index in [0.29, 0.717) is 24.2 Å². The van der Waals surface area contributed by atoms with Gasteiger partial charge in [0.1, 0.15) is 0 Å². The van der Waals surface area contributed by atoms with E-state index in [1.165, 1.54) is 11.1 Å². The standard InChI is InChI=1S/C18H19N3O/c1-13-4-3-5-14(2)18(13)20-11-10-17(22)21-16-8-6-15(12-19)7-9-16/h3-9,20H,10-11H2,1-2H3,(H,21,22). The molecule has 0 saturated carbocycles. The van der Waals surface area contributed by atoms with Gasteiger partial charge in [-0.2, -0.15) is 5.26 Å². The number of nitriles is 1. The van der Waals surface area contributed by atoms with E-state index in [9.17, 15) is 4.79 Å². The maximum Gasteiger partial charge on any atom is 0.226 e. The minimum absolute atomic E-state index is 0.0524. The van der Waals surface area contributed by atoms with E-state index in [2.05, 4.69) is 10.6 Å². The summed E-state index contributed by atoms with van der Waals surface area (Å²) >= 11 is 0. The number of rotatable bonds is 5. The molecule has 4 nitrogen and oxygen atoms in total. The van der Waals surface area contributed by atoms with Gasteiger partial charge >= 0.3 is 0 Å². The zero-order chi connectivity index (χ0) is 15.9. The Morgan fingerprint density at radius 2 is 1.73 bits per heavy atom. The molecule has 1 amide bonds. The van der Waals surface area contributed by atoms with Crippen LogP contribution in [0.15, 0.2) is 42.5 Å². The minimum Gasteiger partial charge on any atom is -0.384 e. The van der Waals surface area contributed by atoms with E-state index in [-0.39, 0.29) is 5.91 Å². The van der Waals surface area contributed by atoms with Gasteiger partial charge in [-0.05, 0) is 49.2 Å². The first-order valence-corrected chi connectivity index (χ1v) is 7.20. The molecule has 112 valence electrons. The molecule has 0 atom stereocenters. The zero-order valence-corrected chi connectivity index (χ0v) is 12.8. The molecule has 0 fully saturated rings. The smallest absolute Gasteiger partial charge is 0.226 e. The number of amides is 1. The first kappa shape index (κ1) is 15.6. The molecule has 0 heterocycles. The maximum absolute atomic E-state index is 11.9. The molecule has 0 aliphatic heterocycles. The van der Waals surface area contributed by atoms with Crippen LogP contribution in [0.5, 0.6) is 0 Å². The Morgan fingerprint density at radius 1 is 1.09 bits per heavy atom. The second-order valence-corrected chi connectivity index (χ2v) is 5.18. The van der Waals surface area contributed by atoms with Gasteiger partial charge in [-0.3, -0.25) is 4.79 Å². The average Bonchev–Trinajstić information content (AvgIpc) is 2.51. The molecule has 0 aromatic heterocycles. The third-order valence-corrected chi connectivity index (χ3v) is 3.43. The van der Waals surface area contributed by atoms with Crippen molar-refractivity contribution in [3.05, 3.63) is 59.2 Å². The van der Waals surface area contributed by atoms with Crippen molar-refractivity contribution in [2.75, 3.05) is 17.2 Å². The number of hydrogen-bond acceptors (Lipinski definition) is 3. The Kier molecular flexibility index (Phi) is 5.16. The lowest BCUT2D eigenvalue weighted by atomic mass is 10.1. The predicted octanol–water partition coefficient (Wildman–Crippen LogP) is 3.62. The Balaban J connectivity index is 1.84. The predicted molar refractivity (Wildman–Crippen MR) is 88.8 cm³/mol. The second kappa shape index (κ2) is 7.28. The summed E-state index contributed by atoms with van der Waals surface area (Å²) in [6.45, 7) is 4.67. The number of para-hydroxylation sites is 1. The van der Waals surface area contributed by atoms with Crippen molar-refractivity contribution in [1.29, 1.82) is 5.26 Å². The molecule has 2 aromatic carbocycles. The molecule has 0 unspecified atom stereocenters. The Labute approximate surface area is 130 Å². The van der Waals surface area contributed by atoms with E-state index in [1.807, 2.05) is 38.1 Å². The topological polar surface area (TPSA) is 64.9 Å². The second-order valence-electron chi connectivity index (χ2n) is 5.18. The van der Waals surface area contributed by atoms with Crippen LogP contribution in [-0.2, 0) is 4.79 Å². The van der Waals surface area contributed by atoms with Crippen molar-refractivity contribution in [1.82, 2.24) is 0 Å². The van der Waals surface area contributed by atoms with Crippen LogP contribution >= 0.6 is 0 Å². The zero-order valence-electron chi connectivity index (χ0n) is 12.8. The van der Waals surface area contributed by atoms with Crippen LogP contribution in [-0.4, -0.2) is 12.5 Å². The van der Waals surface area contributed by atoms with Gasteiger partial charge in [0.15, 0.2) is 0 Å². The lowest BCUT2D eigenvalue weighted by Crippen LogP contribution is -2.16. The summed E-state index contributed by atoms with van der Waals surface area (Å²) in [5.74, 6) is -0.0524. The van der Waals surface area contributed by atoms with Crippen LogP contribution in [0.1, 0.15) is 23.1 Å². The molecule has 0 spiro atoms. The van der Waals surface area contributed by atoms with Crippen molar-refractivity contribution in [2.45, 2.75) is 20.3 Å². The highest BCUT2D eigenvalue weighted by Gasteiger charge is 2.05. The molecule has 2 aromatic rings. The highest BCUT2D eigenvalue weighted by Crippen LogP contribution is 2.19. The molecule has 0 aliphatic rings. The summed E-state index contributed by atoms with van der Waals surface area (Å²) in [6.07, 6.45) is 0.383. The summed E-state index contributed by atoms with van der Waals surface area (Å²) in [7, 11) is 0. The highest BCUT2D eigenvalue weighted by molar-refractivity contribution is 5.91. The quantitative estimate of drug-likeness (QED) is 0.885. The lowest BCUT2D eigenvalue weighted by molar-refractivity contribution is -0.115. The molecule has 0 saturated heterocycles. The Bertz CT molecular complexity index is 679. The van der Waals surface area contributed by atoms with E-state index < -0.39 is 0 Å². The summed E-state index contributed by atoms with van der Waals surface area (Å²) in [5.41, 5.74) is 4.72. The van der Waals surface area contributed by atoms with Crippen LogP contribution < -0.4 is 10.6 Å². The van der Waals surface area contributed by atoms with Crippen molar-refractivity contribution in [3.63, 3.8) is 0 Å². The van der Waals surface area contributed by atoms with E-state index in [1.54, 1.807) is 24.3 Å². The van der Waals surface area contributed by atoms with Crippen LogP contribution in [0.3, 0.4) is 0 Å². The molecule has 0 aliphatic carbocycles. The molecular weight excluding hydrogens is 274 g/mol. The number of carbonyl (C=O) groups is 1. The van der Waals surface area contributed by atoms with Gasteiger partial charge in [0.05, 0.1) is 11.6 Å². The Morgan fingerprint density at radius 3 is 2.32 bits per heavy atom. The molecule has 22 heavy (non-hydrogen) atoms. The van der Waals surface area contributed by atoms with Crippen molar-refractivity contribution >= 4 is 17.3 Å². The number of carbonyl (C=O) groups excluding carboxylic acids is 1. The van der Waals surface area contributed by atoms with Gasteiger partial charge in [0.2, 0.25) is 5.91 Å². The number of anilines is 2. The molecular formula is C18H19N3O. The average molecular weight is 293 g/mol.